The van der Waals surface area contributed by atoms with Crippen LogP contribution in [0.15, 0.2) is 66.7 Å². The summed E-state index contributed by atoms with van der Waals surface area (Å²) >= 11 is 0. The first-order valence-corrected chi connectivity index (χ1v) is 13.3. The highest BCUT2D eigenvalue weighted by atomic mass is 16.5. The Balaban J connectivity index is 1.54. The fourth-order valence-electron chi connectivity index (χ4n) is 5.43. The molecule has 8 nitrogen and oxygen atoms in total. The Labute approximate surface area is 228 Å². The molecule has 202 valence electrons. The number of ether oxygens (including phenoxy) is 2. The Morgan fingerprint density at radius 1 is 0.897 bits per heavy atom. The zero-order chi connectivity index (χ0) is 27.4. The van der Waals surface area contributed by atoms with Crippen molar-refractivity contribution in [2.45, 2.75) is 44.2 Å². The standard InChI is InChI=1S/C31H33N3O5/c1-38-26-17-24-25(18-27(26)39-2)33-28(35)19-34(31(24)37)29(30(36)32-23-11-7-4-8-12-23)22-15-13-21(14-16-22)20-9-5-3-6-10-20/h3,5-6,9-10,13-18,23,29H,4,7-8,11-12,19H2,1-2H3,(H,32,36)(H,33,35). The minimum Gasteiger partial charge on any atom is -0.493 e. The van der Waals surface area contributed by atoms with Crippen molar-refractivity contribution in [3.8, 4) is 22.6 Å². The molecule has 1 aliphatic heterocycles. The number of benzene rings is 3. The Kier molecular flexibility index (Phi) is 7.81. The second kappa shape index (κ2) is 11.6. The molecule has 1 unspecified atom stereocenters. The zero-order valence-electron chi connectivity index (χ0n) is 22.2. The van der Waals surface area contributed by atoms with Gasteiger partial charge in [0.05, 0.1) is 25.5 Å². The maximum absolute atomic E-state index is 14.0. The third-order valence-corrected chi connectivity index (χ3v) is 7.45. The van der Waals surface area contributed by atoms with Crippen molar-refractivity contribution in [2.75, 3.05) is 26.1 Å². The Bertz CT molecular complexity index is 1350. The van der Waals surface area contributed by atoms with E-state index in [1.807, 2.05) is 54.6 Å². The van der Waals surface area contributed by atoms with Crippen molar-refractivity contribution >= 4 is 23.4 Å². The van der Waals surface area contributed by atoms with E-state index < -0.39 is 17.9 Å². The van der Waals surface area contributed by atoms with Gasteiger partial charge in [-0.25, -0.2) is 0 Å². The van der Waals surface area contributed by atoms with Crippen LogP contribution in [0.25, 0.3) is 11.1 Å². The number of methoxy groups -OCH3 is 2. The van der Waals surface area contributed by atoms with Crippen LogP contribution in [0.5, 0.6) is 11.5 Å². The van der Waals surface area contributed by atoms with Crippen LogP contribution in [0, 0.1) is 0 Å². The van der Waals surface area contributed by atoms with Crippen LogP contribution in [0.4, 0.5) is 5.69 Å². The van der Waals surface area contributed by atoms with Crippen molar-refractivity contribution in [1.82, 2.24) is 10.2 Å². The monoisotopic (exact) mass is 527 g/mol. The van der Waals surface area contributed by atoms with Gasteiger partial charge in [0.25, 0.3) is 5.91 Å². The largest absolute Gasteiger partial charge is 0.493 e. The molecule has 1 heterocycles. The van der Waals surface area contributed by atoms with Gasteiger partial charge < -0.3 is 25.0 Å². The van der Waals surface area contributed by atoms with E-state index in [2.05, 4.69) is 10.6 Å². The van der Waals surface area contributed by atoms with Crippen molar-refractivity contribution in [3.63, 3.8) is 0 Å². The van der Waals surface area contributed by atoms with Crippen LogP contribution >= 0.6 is 0 Å². The van der Waals surface area contributed by atoms with Crippen molar-refractivity contribution in [3.05, 3.63) is 77.9 Å². The van der Waals surface area contributed by atoms with Crippen LogP contribution in [0.2, 0.25) is 0 Å². The molecule has 0 radical (unpaired) electrons. The van der Waals surface area contributed by atoms with Crippen LogP contribution in [0.1, 0.15) is 54.1 Å². The second-order valence-electron chi connectivity index (χ2n) is 9.97. The van der Waals surface area contributed by atoms with E-state index in [0.717, 1.165) is 43.2 Å². The fraction of sp³-hybridized carbons (Fsp3) is 0.323. The summed E-state index contributed by atoms with van der Waals surface area (Å²) in [5, 5.41) is 5.97. The van der Waals surface area contributed by atoms with Gasteiger partial charge >= 0.3 is 0 Å². The quantitative estimate of drug-likeness (QED) is 0.453. The summed E-state index contributed by atoms with van der Waals surface area (Å²) in [6, 6.07) is 19.7. The molecule has 2 aliphatic rings. The average molecular weight is 528 g/mol. The molecule has 1 atom stereocenters. The van der Waals surface area contributed by atoms with Crippen molar-refractivity contribution < 1.29 is 23.9 Å². The molecule has 3 aromatic rings. The van der Waals surface area contributed by atoms with Gasteiger partial charge in [-0.3, -0.25) is 14.4 Å². The third kappa shape index (κ3) is 5.60. The molecule has 1 aliphatic carbocycles. The first kappa shape index (κ1) is 26.3. The number of rotatable bonds is 7. The molecule has 0 saturated heterocycles. The molecule has 1 saturated carbocycles. The van der Waals surface area contributed by atoms with E-state index >= 15 is 0 Å². The molecule has 3 amide bonds. The Hall–Kier alpha value is -4.33. The van der Waals surface area contributed by atoms with Crippen molar-refractivity contribution in [1.29, 1.82) is 0 Å². The molecule has 8 heteroatoms. The van der Waals surface area contributed by atoms with Gasteiger partial charge in [0.1, 0.15) is 12.6 Å². The highest BCUT2D eigenvalue weighted by Gasteiger charge is 2.38. The number of carbonyl (C=O) groups excluding carboxylic acids is 3. The minimum atomic E-state index is -0.992. The Morgan fingerprint density at radius 3 is 2.21 bits per heavy atom. The van der Waals surface area contributed by atoms with Crippen LogP contribution in [-0.2, 0) is 9.59 Å². The first-order valence-electron chi connectivity index (χ1n) is 13.3. The molecule has 0 aromatic heterocycles. The molecular formula is C31H33N3O5. The van der Waals surface area contributed by atoms with Crippen molar-refractivity contribution in [2.24, 2.45) is 0 Å². The van der Waals surface area contributed by atoms with E-state index in [0.29, 0.717) is 22.7 Å². The molecule has 39 heavy (non-hydrogen) atoms. The van der Waals surface area contributed by atoms with Gasteiger partial charge in [0, 0.05) is 12.1 Å². The number of amides is 3. The molecule has 3 aromatic carbocycles. The molecule has 5 rings (SSSR count). The topological polar surface area (TPSA) is 97.0 Å². The lowest BCUT2D eigenvalue weighted by Crippen LogP contribution is -2.48. The van der Waals surface area contributed by atoms with E-state index in [4.69, 9.17) is 9.47 Å². The molecule has 2 N–H and O–H groups in total. The average Bonchev–Trinajstić information content (AvgIpc) is 3.08. The number of hydrogen-bond acceptors (Lipinski definition) is 5. The summed E-state index contributed by atoms with van der Waals surface area (Å²) in [6.07, 6.45) is 5.08. The summed E-state index contributed by atoms with van der Waals surface area (Å²) < 4.78 is 10.8. The van der Waals surface area contributed by atoms with Gasteiger partial charge in [0.15, 0.2) is 11.5 Å². The van der Waals surface area contributed by atoms with Crippen LogP contribution in [-0.4, -0.2) is 49.4 Å². The number of fused-ring (bicyclic) bond motifs is 1. The van der Waals surface area contributed by atoms with Crippen LogP contribution < -0.4 is 20.1 Å². The normalized spacial score (nSPS) is 16.5. The number of nitrogens with one attached hydrogen (secondary N) is 2. The number of hydrogen-bond donors (Lipinski definition) is 2. The lowest BCUT2D eigenvalue weighted by molar-refractivity contribution is -0.127. The fourth-order valence-corrected chi connectivity index (χ4v) is 5.43. The third-order valence-electron chi connectivity index (χ3n) is 7.45. The zero-order valence-corrected chi connectivity index (χ0v) is 22.2. The number of anilines is 1. The summed E-state index contributed by atoms with van der Waals surface area (Å²) in [6.45, 7) is -0.276. The summed E-state index contributed by atoms with van der Waals surface area (Å²) in [5.41, 5.74) is 3.22. The second-order valence-corrected chi connectivity index (χ2v) is 9.97. The molecular weight excluding hydrogens is 494 g/mol. The first-order chi connectivity index (χ1) is 19.0. The minimum absolute atomic E-state index is 0.0462. The summed E-state index contributed by atoms with van der Waals surface area (Å²) in [4.78, 5) is 42.3. The van der Waals surface area contributed by atoms with E-state index in [9.17, 15) is 14.4 Å². The van der Waals surface area contributed by atoms with Gasteiger partial charge in [-0.15, -0.1) is 0 Å². The molecule has 0 bridgehead atoms. The SMILES string of the molecule is COc1cc2c(cc1OC)C(=O)N(C(C(=O)NC1CCCCC1)c1ccc(-c3ccccc3)cc1)CC(=O)N2. The number of carbonyl (C=O) groups is 3. The Morgan fingerprint density at radius 2 is 1.54 bits per heavy atom. The maximum atomic E-state index is 14.0. The lowest BCUT2D eigenvalue weighted by Gasteiger charge is -2.32. The summed E-state index contributed by atoms with van der Waals surface area (Å²) in [5.74, 6) is -0.387. The van der Waals surface area contributed by atoms with Gasteiger partial charge in [-0.05, 0) is 35.6 Å². The van der Waals surface area contributed by atoms with Gasteiger partial charge in [0.2, 0.25) is 11.8 Å². The highest BCUT2D eigenvalue weighted by Crippen LogP contribution is 2.37. The van der Waals surface area contributed by atoms with E-state index in [1.165, 1.54) is 19.1 Å². The van der Waals surface area contributed by atoms with E-state index in [1.54, 1.807) is 12.1 Å². The number of nitrogens with zero attached hydrogens (tertiary/aromatic N) is 1. The van der Waals surface area contributed by atoms with E-state index in [-0.39, 0.29) is 24.1 Å². The van der Waals surface area contributed by atoms with Gasteiger partial charge in [-0.2, -0.15) is 0 Å². The lowest BCUT2D eigenvalue weighted by atomic mass is 9.94. The molecule has 0 spiro atoms. The highest BCUT2D eigenvalue weighted by molar-refractivity contribution is 6.10. The summed E-state index contributed by atoms with van der Waals surface area (Å²) in [7, 11) is 2.97. The van der Waals surface area contributed by atoms with Gasteiger partial charge in [-0.1, -0.05) is 73.9 Å². The predicted molar refractivity (Wildman–Crippen MR) is 149 cm³/mol. The van der Waals surface area contributed by atoms with Crippen LogP contribution in [0.3, 0.4) is 0 Å². The predicted octanol–water partition coefficient (Wildman–Crippen LogP) is 4.96. The molecule has 1 fully saturated rings. The maximum Gasteiger partial charge on any atom is 0.257 e. The smallest absolute Gasteiger partial charge is 0.257 e.